The first-order valence-corrected chi connectivity index (χ1v) is 10.6. The zero-order chi connectivity index (χ0) is 19.5. The third-order valence-corrected chi connectivity index (χ3v) is 4.06. The molecule has 0 saturated heterocycles. The van der Waals surface area contributed by atoms with Crippen LogP contribution >= 0.6 is 7.81 Å². The third kappa shape index (κ3) is 11.4. The number of halogens is 7. The van der Waals surface area contributed by atoms with Crippen LogP contribution in [0.4, 0.5) is 25.2 Å². The van der Waals surface area contributed by atoms with Crippen molar-refractivity contribution < 1.29 is 47.8 Å². The molecule has 2 rings (SSSR count). The van der Waals surface area contributed by atoms with Crippen LogP contribution in [0.5, 0.6) is 0 Å². The van der Waals surface area contributed by atoms with Gasteiger partial charge in [-0.25, -0.2) is 0 Å². The van der Waals surface area contributed by atoms with Crippen molar-refractivity contribution in [3.05, 3.63) is 57.2 Å². The van der Waals surface area contributed by atoms with E-state index in [9.17, 15) is 25.2 Å². The molecule has 0 atom stereocenters. The summed E-state index contributed by atoms with van der Waals surface area (Å²) in [6, 6.07) is 15.7. The van der Waals surface area contributed by atoms with Crippen molar-refractivity contribution in [2.24, 2.45) is 5.92 Å². The van der Waals surface area contributed by atoms with Crippen molar-refractivity contribution >= 4 is 7.81 Å². The summed E-state index contributed by atoms with van der Waals surface area (Å²) in [6.07, 6.45) is 1.16. The zero-order valence-corrected chi connectivity index (χ0v) is 17.2. The SMILES string of the molecule is Cc1ccc([IH+])c(-c2ccc(CC(C)C)cc2)c1.F[P-](F)(F)(F)(F)F. The van der Waals surface area contributed by atoms with Crippen molar-refractivity contribution in [2.45, 2.75) is 27.2 Å². The van der Waals surface area contributed by atoms with Crippen LogP contribution in [0.2, 0.25) is 0 Å². The fourth-order valence-corrected chi connectivity index (χ4v) is 2.86. The van der Waals surface area contributed by atoms with Gasteiger partial charge in [-0.15, -0.1) is 0 Å². The van der Waals surface area contributed by atoms with E-state index in [1.165, 1.54) is 25.8 Å². The van der Waals surface area contributed by atoms with Gasteiger partial charge in [0.1, 0.15) is 0 Å². The summed E-state index contributed by atoms with van der Waals surface area (Å²) in [5, 5.41) is 0. The number of hydrogen-bond acceptors (Lipinski definition) is 0. The molecule has 0 heterocycles. The molecule has 0 N–H and O–H groups in total. The zero-order valence-electron chi connectivity index (χ0n) is 13.9. The Labute approximate surface area is 157 Å². The Balaban J connectivity index is 0.000000381. The van der Waals surface area contributed by atoms with Crippen LogP contribution in [0.15, 0.2) is 42.5 Å². The van der Waals surface area contributed by atoms with Crippen LogP contribution in [0.25, 0.3) is 11.1 Å². The first-order valence-electron chi connectivity index (χ1n) is 7.44. The topological polar surface area (TPSA) is 0 Å². The predicted molar refractivity (Wildman–Crippen MR) is 88.8 cm³/mol. The summed E-state index contributed by atoms with van der Waals surface area (Å²) in [4.78, 5) is 0. The Morgan fingerprint density at radius 2 is 1.36 bits per heavy atom. The van der Waals surface area contributed by atoms with Gasteiger partial charge in [0.05, 0.1) is 0 Å². The minimum absolute atomic E-state index is 0.720. The van der Waals surface area contributed by atoms with E-state index in [0.717, 1.165) is 12.3 Å². The molecule has 0 aliphatic rings. The van der Waals surface area contributed by atoms with Crippen molar-refractivity contribution in [1.82, 2.24) is 0 Å². The molecule has 0 aliphatic heterocycles. The Kier molecular flexibility index (Phi) is 6.28. The monoisotopic (exact) mass is 496 g/mol. The summed E-state index contributed by atoms with van der Waals surface area (Å²) >= 11 is 2.10. The molecule has 25 heavy (non-hydrogen) atoms. The molecular formula is C17H20F6IP. The van der Waals surface area contributed by atoms with E-state index in [0.29, 0.717) is 0 Å². The van der Waals surface area contributed by atoms with Crippen LogP contribution in [0, 0.1) is 16.4 Å². The number of hydrogen-bond donors (Lipinski definition) is 0. The Morgan fingerprint density at radius 3 is 1.80 bits per heavy atom. The second kappa shape index (κ2) is 7.06. The summed E-state index contributed by atoms with van der Waals surface area (Å²) in [7, 11) is -10.7. The molecule has 0 bridgehead atoms. The molecule has 142 valence electrons. The fraction of sp³-hybridized carbons (Fsp3) is 0.294. The summed E-state index contributed by atoms with van der Waals surface area (Å²) in [5.41, 5.74) is 5.44. The Morgan fingerprint density at radius 1 is 0.880 bits per heavy atom. The molecule has 2 aromatic rings. The molecule has 0 radical (unpaired) electrons. The van der Waals surface area contributed by atoms with Crippen LogP contribution in [-0.2, 0) is 6.42 Å². The van der Waals surface area contributed by atoms with Gasteiger partial charge in [0.2, 0.25) is 0 Å². The number of rotatable bonds is 3. The standard InChI is InChI=1S/C17H20I.F6P/c1-12(2)10-14-5-7-15(8-6-14)16-11-13(3)4-9-17(16)18;1-7(2,3,4,5)6/h4-9,11-12,18H,10H2,1-3H3;/q+1;-1. The van der Waals surface area contributed by atoms with E-state index in [-0.39, 0.29) is 0 Å². The molecule has 0 saturated carbocycles. The molecule has 0 aromatic heterocycles. The van der Waals surface area contributed by atoms with Gasteiger partial charge in [-0.3, -0.25) is 0 Å². The average Bonchev–Trinajstić information content (AvgIpc) is 2.38. The molecular weight excluding hydrogens is 476 g/mol. The van der Waals surface area contributed by atoms with Gasteiger partial charge >= 0.3 is 33.0 Å². The second-order valence-electron chi connectivity index (χ2n) is 6.25. The number of aryl methyl sites for hydroxylation is 1. The van der Waals surface area contributed by atoms with E-state index < -0.39 is 7.81 Å². The Bertz CT molecular complexity index is 710. The van der Waals surface area contributed by atoms with E-state index >= 15 is 0 Å². The molecule has 0 aliphatic carbocycles. The van der Waals surface area contributed by atoms with E-state index in [1.807, 2.05) is 0 Å². The van der Waals surface area contributed by atoms with E-state index in [1.54, 1.807) is 0 Å². The first kappa shape index (κ1) is 22.2. The van der Waals surface area contributed by atoms with Gasteiger partial charge in [0.15, 0.2) is 3.57 Å². The molecule has 8 heteroatoms. The van der Waals surface area contributed by atoms with E-state index in [2.05, 4.69) is 85.8 Å². The van der Waals surface area contributed by atoms with Gasteiger partial charge in [0, 0.05) is 5.56 Å². The third-order valence-electron chi connectivity index (χ3n) is 3.04. The molecule has 0 fully saturated rings. The molecule has 0 unspecified atom stereocenters. The average molecular weight is 496 g/mol. The summed E-state index contributed by atoms with van der Waals surface area (Å²) < 4.78 is 60.5. The van der Waals surface area contributed by atoms with Crippen LogP contribution < -0.4 is 22.6 Å². The van der Waals surface area contributed by atoms with Gasteiger partial charge in [0.25, 0.3) is 22.6 Å². The summed E-state index contributed by atoms with van der Waals surface area (Å²) in [5.74, 6) is 0.720. The maximum atomic E-state index is 9.87. The van der Waals surface area contributed by atoms with Crippen LogP contribution in [0.1, 0.15) is 25.0 Å². The summed E-state index contributed by atoms with van der Waals surface area (Å²) in [6.45, 7) is 6.68. The van der Waals surface area contributed by atoms with Gasteiger partial charge in [-0.1, -0.05) is 49.7 Å². The van der Waals surface area contributed by atoms with Crippen molar-refractivity contribution in [3.63, 3.8) is 0 Å². The van der Waals surface area contributed by atoms with Crippen molar-refractivity contribution in [2.75, 3.05) is 0 Å². The normalized spacial score (nSPS) is 14.4. The maximum absolute atomic E-state index is 10.7. The van der Waals surface area contributed by atoms with Gasteiger partial charge < -0.3 is 0 Å². The van der Waals surface area contributed by atoms with Gasteiger partial charge in [-0.05, 0) is 42.5 Å². The first-order chi connectivity index (χ1) is 11.0. The molecule has 2 aromatic carbocycles. The minimum atomic E-state index is -10.7. The van der Waals surface area contributed by atoms with E-state index in [4.69, 9.17) is 0 Å². The number of benzene rings is 2. The van der Waals surface area contributed by atoms with Gasteiger partial charge in [-0.2, -0.15) is 0 Å². The van der Waals surface area contributed by atoms with Crippen LogP contribution in [-0.4, -0.2) is 0 Å². The second-order valence-corrected chi connectivity index (χ2v) is 9.42. The van der Waals surface area contributed by atoms with Crippen LogP contribution in [0.3, 0.4) is 0 Å². The molecule has 0 nitrogen and oxygen atoms in total. The molecule has 0 spiro atoms. The predicted octanol–water partition coefficient (Wildman–Crippen LogP) is 4.70. The molecule has 0 amide bonds. The van der Waals surface area contributed by atoms with Crippen molar-refractivity contribution in [3.8, 4) is 11.1 Å². The fourth-order valence-electron chi connectivity index (χ4n) is 2.16. The quantitative estimate of drug-likeness (QED) is 0.329. The Hall–Kier alpha value is -0.820. The van der Waals surface area contributed by atoms with Crippen molar-refractivity contribution in [1.29, 1.82) is 0 Å².